The van der Waals surface area contributed by atoms with Crippen LogP contribution in [0.4, 0.5) is 0 Å². The second-order valence-electron chi connectivity index (χ2n) is 6.50. The zero-order valence-electron chi connectivity index (χ0n) is 16.1. The molecule has 0 unspecified atom stereocenters. The predicted molar refractivity (Wildman–Crippen MR) is 115 cm³/mol. The summed E-state index contributed by atoms with van der Waals surface area (Å²) in [4.78, 5) is 16.2. The largest absolute Gasteiger partial charge is 0.488 e. The quantitative estimate of drug-likeness (QED) is 0.579. The van der Waals surface area contributed by atoms with Crippen molar-refractivity contribution in [2.45, 2.75) is 19.6 Å². The average Bonchev–Trinajstić information content (AvgIpc) is 3.28. The van der Waals surface area contributed by atoms with Crippen molar-refractivity contribution in [3.05, 3.63) is 87.6 Å². The molecule has 0 radical (unpaired) electrons. The van der Waals surface area contributed by atoms with Gasteiger partial charge in [-0.2, -0.15) is 5.26 Å². The minimum Gasteiger partial charge on any atom is -0.488 e. The van der Waals surface area contributed by atoms with Crippen LogP contribution in [0.1, 0.15) is 32.8 Å². The van der Waals surface area contributed by atoms with E-state index in [0.717, 1.165) is 16.9 Å². The number of para-hydroxylation sites is 1. The molecule has 1 amide bonds. The smallest absolute Gasteiger partial charge is 0.257 e. The standard InChI is InChI=1S/C23H23N3O2S/c24-12-6-13-26(16-20-9-5-14-29-20)23(27)21-10-3-4-11-22(21)28-17-19-8-2-1-7-18(19)15-25/h1-5,7-11,14H,6,12-13,16-17,24H2. The average molecular weight is 406 g/mol. The lowest BCUT2D eigenvalue weighted by atomic mass is 10.1. The number of carbonyl (C=O) groups is 1. The Kier molecular flexibility index (Phi) is 7.40. The van der Waals surface area contributed by atoms with Crippen LogP contribution >= 0.6 is 11.3 Å². The van der Waals surface area contributed by atoms with Crippen molar-refractivity contribution in [3.8, 4) is 11.8 Å². The molecule has 2 aromatic carbocycles. The van der Waals surface area contributed by atoms with E-state index in [1.807, 2.05) is 52.7 Å². The first-order valence-electron chi connectivity index (χ1n) is 9.44. The molecule has 1 aromatic heterocycles. The van der Waals surface area contributed by atoms with Gasteiger partial charge >= 0.3 is 0 Å². The van der Waals surface area contributed by atoms with Gasteiger partial charge in [0.15, 0.2) is 0 Å². The topological polar surface area (TPSA) is 79.3 Å². The third kappa shape index (κ3) is 5.44. The fraction of sp³-hybridized carbons (Fsp3) is 0.217. The first kappa shape index (κ1) is 20.6. The number of benzene rings is 2. The van der Waals surface area contributed by atoms with Crippen LogP contribution in [0.5, 0.6) is 5.75 Å². The third-order valence-corrected chi connectivity index (χ3v) is 5.35. The molecule has 0 saturated carbocycles. The lowest BCUT2D eigenvalue weighted by Gasteiger charge is -2.23. The van der Waals surface area contributed by atoms with Crippen molar-refractivity contribution >= 4 is 17.2 Å². The Hall–Kier alpha value is -3.14. The highest BCUT2D eigenvalue weighted by Gasteiger charge is 2.20. The SMILES string of the molecule is N#Cc1ccccc1COc1ccccc1C(=O)N(CCCN)Cc1cccs1. The van der Waals surface area contributed by atoms with Gasteiger partial charge in [-0.15, -0.1) is 11.3 Å². The van der Waals surface area contributed by atoms with Crippen molar-refractivity contribution in [2.24, 2.45) is 5.73 Å². The van der Waals surface area contributed by atoms with E-state index in [0.29, 0.717) is 36.5 Å². The first-order chi connectivity index (χ1) is 14.2. The molecule has 0 spiro atoms. The molecule has 0 saturated heterocycles. The van der Waals surface area contributed by atoms with Crippen molar-refractivity contribution in [1.29, 1.82) is 5.26 Å². The third-order valence-electron chi connectivity index (χ3n) is 4.48. The Morgan fingerprint density at radius 1 is 1.10 bits per heavy atom. The summed E-state index contributed by atoms with van der Waals surface area (Å²) in [6, 6.07) is 20.7. The number of nitriles is 1. The maximum Gasteiger partial charge on any atom is 0.257 e. The summed E-state index contributed by atoms with van der Waals surface area (Å²) in [5.74, 6) is 0.421. The molecule has 148 valence electrons. The van der Waals surface area contributed by atoms with E-state index >= 15 is 0 Å². The summed E-state index contributed by atoms with van der Waals surface area (Å²) in [7, 11) is 0. The summed E-state index contributed by atoms with van der Waals surface area (Å²) in [5.41, 5.74) is 7.54. The molecule has 0 fully saturated rings. The number of hydrogen-bond acceptors (Lipinski definition) is 5. The van der Waals surface area contributed by atoms with Gasteiger partial charge in [-0.1, -0.05) is 36.4 Å². The van der Waals surface area contributed by atoms with Gasteiger partial charge in [0.1, 0.15) is 12.4 Å². The van der Waals surface area contributed by atoms with Gasteiger partial charge in [-0.25, -0.2) is 0 Å². The van der Waals surface area contributed by atoms with E-state index < -0.39 is 0 Å². The molecule has 2 N–H and O–H groups in total. The van der Waals surface area contributed by atoms with Crippen LogP contribution in [0.3, 0.4) is 0 Å². The van der Waals surface area contributed by atoms with E-state index in [1.54, 1.807) is 29.5 Å². The molecular weight excluding hydrogens is 382 g/mol. The molecule has 0 atom stereocenters. The molecule has 3 aromatic rings. The lowest BCUT2D eigenvalue weighted by molar-refractivity contribution is 0.0739. The van der Waals surface area contributed by atoms with E-state index in [4.69, 9.17) is 10.5 Å². The molecule has 0 aliphatic rings. The highest BCUT2D eigenvalue weighted by molar-refractivity contribution is 7.09. The van der Waals surface area contributed by atoms with Crippen molar-refractivity contribution in [1.82, 2.24) is 4.90 Å². The molecule has 5 nitrogen and oxygen atoms in total. The number of nitrogens with two attached hydrogens (primary N) is 1. The normalized spacial score (nSPS) is 10.3. The number of nitrogens with zero attached hydrogens (tertiary/aromatic N) is 2. The summed E-state index contributed by atoms with van der Waals surface area (Å²) in [5, 5.41) is 11.3. The summed E-state index contributed by atoms with van der Waals surface area (Å²) < 4.78 is 5.96. The Balaban J connectivity index is 1.80. The zero-order chi connectivity index (χ0) is 20.5. The molecule has 29 heavy (non-hydrogen) atoms. The molecule has 6 heteroatoms. The number of hydrogen-bond donors (Lipinski definition) is 1. The first-order valence-corrected chi connectivity index (χ1v) is 10.3. The maximum absolute atomic E-state index is 13.3. The maximum atomic E-state index is 13.3. The van der Waals surface area contributed by atoms with Crippen LogP contribution in [0.2, 0.25) is 0 Å². The van der Waals surface area contributed by atoms with E-state index in [1.165, 1.54) is 0 Å². The molecule has 0 bridgehead atoms. The van der Waals surface area contributed by atoms with Crippen LogP contribution in [0.15, 0.2) is 66.0 Å². The van der Waals surface area contributed by atoms with Crippen molar-refractivity contribution < 1.29 is 9.53 Å². The van der Waals surface area contributed by atoms with Crippen LogP contribution in [0.25, 0.3) is 0 Å². The number of amides is 1. The number of thiophene rings is 1. The van der Waals surface area contributed by atoms with Crippen LogP contribution in [0, 0.1) is 11.3 Å². The second kappa shape index (κ2) is 10.4. The van der Waals surface area contributed by atoms with Gasteiger partial charge in [0, 0.05) is 17.0 Å². The predicted octanol–water partition coefficient (Wildman–Crippen LogP) is 4.19. The highest BCUT2D eigenvalue weighted by Crippen LogP contribution is 2.23. The summed E-state index contributed by atoms with van der Waals surface area (Å²) in [6.07, 6.45) is 0.732. The Morgan fingerprint density at radius 3 is 2.66 bits per heavy atom. The minimum atomic E-state index is -0.0870. The minimum absolute atomic E-state index is 0.0870. The Morgan fingerprint density at radius 2 is 1.90 bits per heavy atom. The molecule has 1 heterocycles. The van der Waals surface area contributed by atoms with Crippen LogP contribution < -0.4 is 10.5 Å². The van der Waals surface area contributed by atoms with E-state index in [-0.39, 0.29) is 12.5 Å². The van der Waals surface area contributed by atoms with Gasteiger partial charge in [0.05, 0.1) is 23.7 Å². The summed E-state index contributed by atoms with van der Waals surface area (Å²) in [6.45, 7) is 1.87. The number of carbonyl (C=O) groups excluding carboxylic acids is 1. The second-order valence-corrected chi connectivity index (χ2v) is 7.53. The van der Waals surface area contributed by atoms with Crippen molar-refractivity contribution in [3.63, 3.8) is 0 Å². The van der Waals surface area contributed by atoms with Gasteiger partial charge in [0.25, 0.3) is 5.91 Å². The van der Waals surface area contributed by atoms with Gasteiger partial charge < -0.3 is 15.4 Å². The zero-order valence-corrected chi connectivity index (χ0v) is 16.9. The number of ether oxygens (including phenoxy) is 1. The van der Waals surface area contributed by atoms with Gasteiger partial charge in [-0.05, 0) is 42.6 Å². The Labute approximate surface area is 175 Å². The van der Waals surface area contributed by atoms with Crippen LogP contribution in [-0.4, -0.2) is 23.9 Å². The highest BCUT2D eigenvalue weighted by atomic mass is 32.1. The van der Waals surface area contributed by atoms with Gasteiger partial charge in [0.2, 0.25) is 0 Å². The fourth-order valence-electron chi connectivity index (χ4n) is 2.98. The molecule has 0 aliphatic carbocycles. The van der Waals surface area contributed by atoms with Crippen LogP contribution in [-0.2, 0) is 13.2 Å². The van der Waals surface area contributed by atoms with E-state index in [9.17, 15) is 10.1 Å². The van der Waals surface area contributed by atoms with Crippen molar-refractivity contribution in [2.75, 3.05) is 13.1 Å². The van der Waals surface area contributed by atoms with E-state index in [2.05, 4.69) is 6.07 Å². The molecule has 0 aliphatic heterocycles. The molecular formula is C23H23N3O2S. The number of rotatable bonds is 9. The Bertz CT molecular complexity index is 980. The van der Waals surface area contributed by atoms with Gasteiger partial charge in [-0.3, -0.25) is 4.79 Å². The summed E-state index contributed by atoms with van der Waals surface area (Å²) >= 11 is 1.63. The lowest BCUT2D eigenvalue weighted by Crippen LogP contribution is -2.32. The monoisotopic (exact) mass is 405 g/mol. The molecule has 3 rings (SSSR count). The fourth-order valence-corrected chi connectivity index (χ4v) is 3.69.